The third-order valence-electron chi connectivity index (χ3n) is 3.83. The van der Waals surface area contributed by atoms with Gasteiger partial charge in [-0.2, -0.15) is 0 Å². The van der Waals surface area contributed by atoms with Crippen LogP contribution in [0.1, 0.15) is 24.8 Å². The van der Waals surface area contributed by atoms with Crippen molar-refractivity contribution in [2.24, 2.45) is 11.7 Å². The smallest absolute Gasteiger partial charge is 0.270 e. The maximum Gasteiger partial charge on any atom is 0.270 e. The largest absolute Gasteiger partial charge is 0.369 e. The number of nitrogens with one attached hydrogen (secondary N) is 1. The molecule has 1 aliphatic rings. The van der Waals surface area contributed by atoms with Crippen molar-refractivity contribution in [1.29, 1.82) is 0 Å². The normalized spacial score (nSPS) is 20.6. The molecule has 0 saturated heterocycles. The van der Waals surface area contributed by atoms with E-state index in [1.165, 1.54) is 18.2 Å². The summed E-state index contributed by atoms with van der Waals surface area (Å²) in [5, 5.41) is 13.6. The molecule has 3 N–H and O–H groups in total. The summed E-state index contributed by atoms with van der Waals surface area (Å²) in [5.74, 6) is -1.03. The molecule has 0 bridgehead atoms. The van der Waals surface area contributed by atoms with E-state index in [2.05, 4.69) is 5.32 Å². The first-order valence-corrected chi connectivity index (χ1v) is 7.27. The highest BCUT2D eigenvalue weighted by Crippen LogP contribution is 2.26. The van der Waals surface area contributed by atoms with E-state index >= 15 is 0 Å². The number of non-ortho nitro benzene ring substituents is 1. The Morgan fingerprint density at radius 1 is 1.41 bits per heavy atom. The Morgan fingerprint density at radius 3 is 2.73 bits per heavy atom. The molecule has 2 rings (SSSR count). The molecular weight excluding hydrogens is 310 g/mol. The molecule has 118 valence electrons. The number of amides is 2. The molecule has 0 spiro atoms. The number of hydrogen-bond acceptors (Lipinski definition) is 4. The van der Waals surface area contributed by atoms with Gasteiger partial charge in [-0.1, -0.05) is 24.1 Å². The summed E-state index contributed by atoms with van der Waals surface area (Å²) >= 11 is 5.95. The average molecular weight is 326 g/mol. The third kappa shape index (κ3) is 3.73. The van der Waals surface area contributed by atoms with Crippen LogP contribution in [0.4, 0.5) is 5.69 Å². The summed E-state index contributed by atoms with van der Waals surface area (Å²) in [6.45, 7) is 0. The molecule has 0 aliphatic heterocycles. The fourth-order valence-corrected chi connectivity index (χ4v) is 2.94. The van der Waals surface area contributed by atoms with Gasteiger partial charge in [0.05, 0.1) is 22.3 Å². The fraction of sp³-hybridized carbons (Fsp3) is 0.429. The zero-order valence-corrected chi connectivity index (χ0v) is 12.5. The molecule has 22 heavy (non-hydrogen) atoms. The van der Waals surface area contributed by atoms with Crippen LogP contribution in [0.25, 0.3) is 0 Å². The van der Waals surface area contributed by atoms with Crippen molar-refractivity contribution in [3.8, 4) is 0 Å². The van der Waals surface area contributed by atoms with Crippen LogP contribution in [0, 0.1) is 16.0 Å². The summed E-state index contributed by atoms with van der Waals surface area (Å²) in [4.78, 5) is 33.4. The van der Waals surface area contributed by atoms with Gasteiger partial charge in [-0.05, 0) is 18.4 Å². The molecule has 0 radical (unpaired) electrons. The van der Waals surface area contributed by atoms with Crippen molar-refractivity contribution in [2.45, 2.75) is 31.7 Å². The van der Waals surface area contributed by atoms with Crippen molar-refractivity contribution in [1.82, 2.24) is 5.32 Å². The van der Waals surface area contributed by atoms with Crippen molar-refractivity contribution in [2.75, 3.05) is 0 Å². The van der Waals surface area contributed by atoms with Crippen LogP contribution in [0.2, 0.25) is 5.02 Å². The molecule has 0 heterocycles. The van der Waals surface area contributed by atoms with Crippen LogP contribution >= 0.6 is 11.6 Å². The number of rotatable bonds is 5. The van der Waals surface area contributed by atoms with E-state index in [1.54, 1.807) is 0 Å². The number of carbonyl (C=O) groups excluding carboxylic acids is 2. The second-order valence-corrected chi connectivity index (χ2v) is 5.73. The van der Waals surface area contributed by atoms with Gasteiger partial charge >= 0.3 is 0 Å². The highest BCUT2D eigenvalue weighted by atomic mass is 35.5. The summed E-state index contributed by atoms with van der Waals surface area (Å²) in [6.07, 6.45) is 2.24. The minimum Gasteiger partial charge on any atom is -0.369 e. The Balaban J connectivity index is 2.00. The Morgan fingerprint density at radius 2 is 2.14 bits per heavy atom. The lowest BCUT2D eigenvalue weighted by Gasteiger charge is -2.18. The molecule has 8 heteroatoms. The number of halogens is 1. The van der Waals surface area contributed by atoms with Crippen LogP contribution < -0.4 is 11.1 Å². The zero-order chi connectivity index (χ0) is 16.3. The van der Waals surface area contributed by atoms with Gasteiger partial charge in [0.1, 0.15) is 0 Å². The molecule has 1 saturated carbocycles. The third-order valence-corrected chi connectivity index (χ3v) is 4.18. The molecule has 2 amide bonds. The van der Waals surface area contributed by atoms with E-state index in [0.717, 1.165) is 6.42 Å². The maximum atomic E-state index is 12.1. The van der Waals surface area contributed by atoms with E-state index in [0.29, 0.717) is 18.4 Å². The monoisotopic (exact) mass is 325 g/mol. The fourth-order valence-electron chi connectivity index (χ4n) is 2.70. The summed E-state index contributed by atoms with van der Waals surface area (Å²) < 4.78 is 0. The number of nitro benzene ring substituents is 1. The predicted octanol–water partition coefficient (Wildman–Crippen LogP) is 1.56. The number of nitrogens with zero attached hydrogens (tertiary/aromatic N) is 1. The molecule has 1 aromatic rings. The van der Waals surface area contributed by atoms with Crippen molar-refractivity contribution >= 4 is 29.1 Å². The van der Waals surface area contributed by atoms with Gasteiger partial charge in [-0.25, -0.2) is 0 Å². The number of carbonyl (C=O) groups is 2. The SMILES string of the molecule is NC(=O)[C@@H]1CCC[C@@H]1NC(=O)Cc1ccc([N+](=O)[O-])cc1Cl. The lowest BCUT2D eigenvalue weighted by atomic mass is 10.0. The molecule has 2 atom stereocenters. The van der Waals surface area contributed by atoms with Gasteiger partial charge in [0.25, 0.3) is 5.69 Å². The Hall–Kier alpha value is -2.15. The van der Waals surface area contributed by atoms with Gasteiger partial charge in [0.2, 0.25) is 11.8 Å². The molecule has 0 unspecified atom stereocenters. The minimum absolute atomic E-state index is 0.00118. The zero-order valence-electron chi connectivity index (χ0n) is 11.8. The Labute approximate surface area is 132 Å². The first-order valence-electron chi connectivity index (χ1n) is 6.90. The average Bonchev–Trinajstić information content (AvgIpc) is 2.89. The number of benzene rings is 1. The van der Waals surface area contributed by atoms with Gasteiger partial charge in [-0.15, -0.1) is 0 Å². The van der Waals surface area contributed by atoms with E-state index in [9.17, 15) is 19.7 Å². The van der Waals surface area contributed by atoms with Crippen molar-refractivity contribution in [3.63, 3.8) is 0 Å². The molecule has 1 fully saturated rings. The highest BCUT2D eigenvalue weighted by Gasteiger charge is 2.32. The van der Waals surface area contributed by atoms with E-state index < -0.39 is 10.8 Å². The van der Waals surface area contributed by atoms with Crippen LogP contribution in [0.3, 0.4) is 0 Å². The Bertz CT molecular complexity index is 620. The van der Waals surface area contributed by atoms with Gasteiger partial charge < -0.3 is 11.1 Å². The predicted molar refractivity (Wildman–Crippen MR) is 80.3 cm³/mol. The molecule has 0 aromatic heterocycles. The second-order valence-electron chi connectivity index (χ2n) is 5.32. The number of nitro groups is 1. The van der Waals surface area contributed by atoms with Gasteiger partial charge in [0, 0.05) is 18.2 Å². The number of nitrogens with two attached hydrogens (primary N) is 1. The molecule has 7 nitrogen and oxygen atoms in total. The Kier molecular flexibility index (Phi) is 4.97. The molecular formula is C14H16ClN3O4. The summed E-state index contributed by atoms with van der Waals surface area (Å²) in [7, 11) is 0. The topological polar surface area (TPSA) is 115 Å². The van der Waals surface area contributed by atoms with Crippen molar-refractivity contribution in [3.05, 3.63) is 38.9 Å². The summed E-state index contributed by atoms with van der Waals surface area (Å²) in [6, 6.07) is 3.73. The maximum absolute atomic E-state index is 12.1. The van der Waals surface area contributed by atoms with Crippen LogP contribution in [-0.4, -0.2) is 22.8 Å². The van der Waals surface area contributed by atoms with E-state index in [4.69, 9.17) is 17.3 Å². The second kappa shape index (κ2) is 6.74. The van der Waals surface area contributed by atoms with Gasteiger partial charge in [0.15, 0.2) is 0 Å². The molecule has 1 aromatic carbocycles. The van der Waals surface area contributed by atoms with Crippen LogP contribution in [-0.2, 0) is 16.0 Å². The first-order chi connectivity index (χ1) is 10.4. The van der Waals surface area contributed by atoms with Crippen LogP contribution in [0.5, 0.6) is 0 Å². The highest BCUT2D eigenvalue weighted by molar-refractivity contribution is 6.31. The number of primary amides is 1. The first kappa shape index (κ1) is 16.2. The van der Waals surface area contributed by atoms with E-state index in [-0.39, 0.29) is 35.0 Å². The summed E-state index contributed by atoms with van der Waals surface area (Å²) in [5.41, 5.74) is 5.68. The van der Waals surface area contributed by atoms with Crippen molar-refractivity contribution < 1.29 is 14.5 Å². The number of hydrogen-bond donors (Lipinski definition) is 2. The van der Waals surface area contributed by atoms with E-state index in [1.807, 2.05) is 0 Å². The van der Waals surface area contributed by atoms with Gasteiger partial charge in [-0.3, -0.25) is 19.7 Å². The quantitative estimate of drug-likeness (QED) is 0.631. The lowest BCUT2D eigenvalue weighted by Crippen LogP contribution is -2.42. The lowest BCUT2D eigenvalue weighted by molar-refractivity contribution is -0.384. The molecule has 1 aliphatic carbocycles. The minimum atomic E-state index is -0.550. The standard InChI is InChI=1S/C14H16ClN3O4/c15-11-7-9(18(21)22)5-4-8(11)6-13(19)17-12-3-1-2-10(12)14(16)20/h4-5,7,10,12H,1-3,6H2,(H2,16,20)(H,17,19)/t10-,12+/m1/s1. The van der Waals surface area contributed by atoms with Crippen LogP contribution in [0.15, 0.2) is 18.2 Å².